The normalized spacial score (nSPS) is 10.5. The van der Waals surface area contributed by atoms with E-state index < -0.39 is 5.97 Å². The smallest absolute Gasteiger partial charge is 0.354 e. The molecule has 1 radical (unpaired) electrons. The average Bonchev–Trinajstić information content (AvgIpc) is 3.21. The number of aromatic nitrogens is 3. The summed E-state index contributed by atoms with van der Waals surface area (Å²) in [4.78, 5) is 23.6. The van der Waals surface area contributed by atoms with E-state index in [0.29, 0.717) is 5.56 Å². The van der Waals surface area contributed by atoms with Crippen LogP contribution in [0.3, 0.4) is 0 Å². The molecule has 0 unspecified atom stereocenters. The number of carbonyl (C=O) groups is 1. The second-order valence-corrected chi connectivity index (χ2v) is 11.6. The number of hydrogen-bond acceptors (Lipinski definition) is 5. The molecule has 6 nitrogen and oxygen atoms in total. The van der Waals surface area contributed by atoms with Crippen molar-refractivity contribution in [2.45, 2.75) is 6.61 Å². The maximum atomic E-state index is 10.3. The van der Waals surface area contributed by atoms with Gasteiger partial charge in [0.25, 0.3) is 0 Å². The monoisotopic (exact) mass is 854 g/mol. The number of benzene rings is 6. The first-order valence-electron chi connectivity index (χ1n) is 16.4. The summed E-state index contributed by atoms with van der Waals surface area (Å²) in [6.45, 7) is -0.164. The molecule has 0 saturated carbocycles. The zero-order valence-electron chi connectivity index (χ0n) is 27.8. The first kappa shape index (κ1) is 35.7. The molecule has 7 heteroatoms. The molecule has 0 spiro atoms. The molecule has 0 fully saturated rings. The molecule has 0 saturated heterocycles. The van der Waals surface area contributed by atoms with E-state index in [1.54, 1.807) is 6.07 Å². The van der Waals surface area contributed by atoms with Crippen LogP contribution in [0.2, 0.25) is 0 Å². The number of nitrogens with zero attached hydrogens (tertiary/aromatic N) is 3. The van der Waals surface area contributed by atoms with Crippen molar-refractivity contribution >= 4 is 49.3 Å². The third-order valence-corrected chi connectivity index (χ3v) is 8.37. The number of aliphatic hydroxyl groups is 1. The molecule has 52 heavy (non-hydrogen) atoms. The van der Waals surface area contributed by atoms with Gasteiger partial charge in [-0.2, -0.15) is 0 Å². The van der Waals surface area contributed by atoms with Gasteiger partial charge in [-0.3, -0.25) is 9.97 Å². The van der Waals surface area contributed by atoms with E-state index in [0.717, 1.165) is 33.5 Å². The molecule has 6 aromatic carbocycles. The molecule has 3 heterocycles. The van der Waals surface area contributed by atoms with Crippen LogP contribution in [0, 0.1) is 12.1 Å². The SMILES string of the molecule is O=C(O)c1cc(CO)ccn1.[Ir].[c-]1ccccc1-c1nc2ccccc2c2ccccc12.[c-]1ccccc1-c1nc2ccccc2c2ccccc12. The van der Waals surface area contributed by atoms with Gasteiger partial charge in [0, 0.05) is 37.1 Å². The minimum Gasteiger partial charge on any atom is -0.477 e. The van der Waals surface area contributed by atoms with Crippen molar-refractivity contribution < 1.29 is 35.1 Å². The Kier molecular flexibility index (Phi) is 11.5. The Labute approximate surface area is 314 Å². The number of fused-ring (bicyclic) bond motifs is 6. The van der Waals surface area contributed by atoms with E-state index in [1.807, 2.05) is 48.5 Å². The third-order valence-electron chi connectivity index (χ3n) is 8.37. The zero-order chi connectivity index (χ0) is 35.0. The van der Waals surface area contributed by atoms with Gasteiger partial charge in [-0.1, -0.05) is 84.9 Å². The molecule has 0 bridgehead atoms. The van der Waals surface area contributed by atoms with Crippen LogP contribution in [0.5, 0.6) is 0 Å². The van der Waals surface area contributed by atoms with Gasteiger partial charge in [0.15, 0.2) is 0 Å². The van der Waals surface area contributed by atoms with E-state index in [1.165, 1.54) is 44.6 Å². The molecular formula is C45H31IrN3O3-2. The van der Waals surface area contributed by atoms with Gasteiger partial charge in [0.05, 0.1) is 17.6 Å². The Hall–Kier alpha value is -6.11. The van der Waals surface area contributed by atoms with Crippen molar-refractivity contribution in [3.63, 3.8) is 0 Å². The predicted molar refractivity (Wildman–Crippen MR) is 204 cm³/mol. The molecule has 0 aliphatic rings. The first-order valence-corrected chi connectivity index (χ1v) is 16.4. The second kappa shape index (κ2) is 16.7. The summed E-state index contributed by atoms with van der Waals surface area (Å²) < 4.78 is 0. The van der Waals surface area contributed by atoms with E-state index >= 15 is 0 Å². The van der Waals surface area contributed by atoms with Crippen LogP contribution >= 0.6 is 0 Å². The number of hydrogen-bond donors (Lipinski definition) is 2. The number of rotatable bonds is 4. The van der Waals surface area contributed by atoms with Crippen molar-refractivity contribution in [2.24, 2.45) is 0 Å². The number of aliphatic hydroxyl groups excluding tert-OH is 1. The standard InChI is InChI=1S/2C19H12N.C7H7NO3.Ir/c2*1-2-8-14(9-3-1)19-17-12-5-4-10-15(17)16-11-6-7-13-18(16)20-19;9-4-5-1-2-8-6(3-5)7(10)11;/h2*1-8,10-13H;1-3,9H,4H2,(H,10,11);/q2*-1;;. The van der Waals surface area contributed by atoms with Gasteiger partial charge in [-0.15, -0.1) is 71.8 Å². The number of aromatic carboxylic acids is 1. The molecule has 0 aliphatic carbocycles. The molecular weight excluding hydrogens is 823 g/mol. The molecule has 0 amide bonds. The number of pyridine rings is 3. The second-order valence-electron chi connectivity index (χ2n) is 11.6. The number of para-hydroxylation sites is 2. The van der Waals surface area contributed by atoms with E-state index in [2.05, 4.69) is 114 Å². The van der Waals surface area contributed by atoms with Crippen LogP contribution in [-0.2, 0) is 26.7 Å². The average molecular weight is 854 g/mol. The molecule has 255 valence electrons. The van der Waals surface area contributed by atoms with Crippen molar-refractivity contribution in [1.29, 1.82) is 0 Å². The first-order chi connectivity index (χ1) is 25.1. The van der Waals surface area contributed by atoms with Crippen molar-refractivity contribution in [3.8, 4) is 22.5 Å². The van der Waals surface area contributed by atoms with Gasteiger partial charge < -0.3 is 10.2 Å². The fourth-order valence-electron chi connectivity index (χ4n) is 5.99. The zero-order valence-corrected chi connectivity index (χ0v) is 30.2. The molecule has 2 N–H and O–H groups in total. The van der Waals surface area contributed by atoms with Gasteiger partial charge in [0.1, 0.15) is 5.69 Å². The van der Waals surface area contributed by atoms with Crippen molar-refractivity contribution in [1.82, 2.24) is 15.0 Å². The van der Waals surface area contributed by atoms with Crippen LogP contribution in [0.15, 0.2) is 164 Å². The predicted octanol–water partition coefficient (Wildman–Crippen LogP) is 9.98. The van der Waals surface area contributed by atoms with Gasteiger partial charge in [0.2, 0.25) is 0 Å². The molecule has 0 aliphatic heterocycles. The third kappa shape index (κ3) is 7.78. The van der Waals surface area contributed by atoms with Gasteiger partial charge >= 0.3 is 5.97 Å². The maximum Gasteiger partial charge on any atom is 0.354 e. The minimum atomic E-state index is -1.08. The van der Waals surface area contributed by atoms with Crippen LogP contribution in [0.25, 0.3) is 65.9 Å². The van der Waals surface area contributed by atoms with Crippen LogP contribution in [-0.4, -0.2) is 31.1 Å². The van der Waals surface area contributed by atoms with Crippen molar-refractivity contribution in [2.75, 3.05) is 0 Å². The summed E-state index contributed by atoms with van der Waals surface area (Å²) in [5.74, 6) is -1.08. The summed E-state index contributed by atoms with van der Waals surface area (Å²) in [7, 11) is 0. The van der Waals surface area contributed by atoms with Crippen LogP contribution < -0.4 is 0 Å². The number of carboxylic acids is 1. The summed E-state index contributed by atoms with van der Waals surface area (Å²) in [6.07, 6.45) is 1.36. The van der Waals surface area contributed by atoms with Crippen LogP contribution in [0.4, 0.5) is 0 Å². The van der Waals surface area contributed by atoms with Crippen LogP contribution in [0.1, 0.15) is 16.1 Å². The Morgan fingerprint density at radius 3 is 1.38 bits per heavy atom. The fourth-order valence-corrected chi connectivity index (χ4v) is 5.99. The van der Waals surface area contributed by atoms with E-state index in [9.17, 15) is 4.79 Å². The molecule has 3 aromatic heterocycles. The van der Waals surface area contributed by atoms with Gasteiger partial charge in [-0.25, -0.2) is 9.78 Å². The Morgan fingerprint density at radius 1 is 0.538 bits per heavy atom. The summed E-state index contributed by atoms with van der Waals surface area (Å²) in [6, 6.07) is 58.9. The van der Waals surface area contributed by atoms with E-state index in [-0.39, 0.29) is 32.4 Å². The largest absolute Gasteiger partial charge is 0.477 e. The molecule has 9 aromatic rings. The summed E-state index contributed by atoms with van der Waals surface area (Å²) in [5, 5.41) is 24.3. The fraction of sp³-hybridized carbons (Fsp3) is 0.0222. The summed E-state index contributed by atoms with van der Waals surface area (Å²) in [5.41, 5.74) is 6.63. The quantitative estimate of drug-likeness (QED) is 0.135. The molecule has 9 rings (SSSR count). The number of carboxylic acid groups (broad SMARTS) is 1. The molecule has 0 atom stereocenters. The summed E-state index contributed by atoms with van der Waals surface area (Å²) >= 11 is 0. The Morgan fingerprint density at radius 2 is 0.962 bits per heavy atom. The van der Waals surface area contributed by atoms with Crippen molar-refractivity contribution in [3.05, 3.63) is 187 Å². The minimum absolute atomic E-state index is 0. The Balaban J connectivity index is 0.000000139. The maximum absolute atomic E-state index is 10.3. The Bertz CT molecular complexity index is 2460. The van der Waals surface area contributed by atoms with E-state index in [4.69, 9.17) is 20.2 Å². The van der Waals surface area contributed by atoms with Gasteiger partial charge in [-0.05, 0) is 62.8 Å². The topological polar surface area (TPSA) is 96.2 Å².